The summed E-state index contributed by atoms with van der Waals surface area (Å²) < 4.78 is 0. The molecular formula is C9H3Cl2N3. The molecule has 0 N–H and O–H groups in total. The van der Waals surface area contributed by atoms with Crippen LogP contribution in [0.15, 0.2) is 18.2 Å². The number of fused-ring (bicyclic) bond motifs is 1. The van der Waals surface area contributed by atoms with E-state index in [4.69, 9.17) is 28.5 Å². The zero-order valence-corrected chi connectivity index (χ0v) is 8.34. The molecule has 0 saturated carbocycles. The van der Waals surface area contributed by atoms with Crippen molar-refractivity contribution in [3.63, 3.8) is 0 Å². The highest BCUT2D eigenvalue weighted by atomic mass is 35.5. The number of nitriles is 1. The van der Waals surface area contributed by atoms with Gasteiger partial charge in [-0.25, -0.2) is 9.97 Å². The predicted octanol–water partition coefficient (Wildman–Crippen LogP) is 2.81. The average molecular weight is 224 g/mol. The molecule has 1 heterocycles. The Labute approximate surface area is 89.9 Å². The van der Waals surface area contributed by atoms with E-state index in [2.05, 4.69) is 9.97 Å². The van der Waals surface area contributed by atoms with Crippen LogP contribution >= 0.6 is 23.2 Å². The summed E-state index contributed by atoms with van der Waals surface area (Å²) in [4.78, 5) is 7.76. The van der Waals surface area contributed by atoms with Crippen LogP contribution in [-0.4, -0.2) is 9.97 Å². The summed E-state index contributed by atoms with van der Waals surface area (Å²) in [7, 11) is 0. The molecule has 14 heavy (non-hydrogen) atoms. The number of halogens is 2. The number of rotatable bonds is 0. The van der Waals surface area contributed by atoms with Gasteiger partial charge in [0.1, 0.15) is 5.15 Å². The van der Waals surface area contributed by atoms with Gasteiger partial charge in [0.05, 0.1) is 17.1 Å². The van der Waals surface area contributed by atoms with Crippen LogP contribution < -0.4 is 0 Å². The first kappa shape index (κ1) is 9.20. The fourth-order valence-corrected chi connectivity index (χ4v) is 1.59. The zero-order chi connectivity index (χ0) is 10.1. The van der Waals surface area contributed by atoms with E-state index in [1.807, 2.05) is 6.07 Å². The number of nitrogens with zero attached hydrogens (tertiary/aromatic N) is 3. The third-order valence-corrected chi connectivity index (χ3v) is 2.21. The van der Waals surface area contributed by atoms with E-state index >= 15 is 0 Å². The summed E-state index contributed by atoms with van der Waals surface area (Å²) in [6, 6.07) is 6.99. The summed E-state index contributed by atoms with van der Waals surface area (Å²) in [6.45, 7) is 0. The average Bonchev–Trinajstić information content (AvgIpc) is 2.16. The molecule has 0 aliphatic heterocycles. The highest BCUT2D eigenvalue weighted by Crippen LogP contribution is 2.22. The third-order valence-electron chi connectivity index (χ3n) is 1.75. The van der Waals surface area contributed by atoms with Gasteiger partial charge in [0.15, 0.2) is 0 Å². The van der Waals surface area contributed by atoms with E-state index in [-0.39, 0.29) is 5.28 Å². The Bertz CT molecular complexity index is 545. The van der Waals surface area contributed by atoms with E-state index in [1.54, 1.807) is 18.2 Å². The first-order valence-electron chi connectivity index (χ1n) is 3.73. The lowest BCUT2D eigenvalue weighted by molar-refractivity contribution is 1.22. The summed E-state index contributed by atoms with van der Waals surface area (Å²) >= 11 is 11.5. The third kappa shape index (κ3) is 1.50. The number of hydrogen-bond donors (Lipinski definition) is 0. The standard InChI is InChI=1S/C9H3Cl2N3/c10-8-6-2-1-5(4-12)3-7(6)13-9(11)14-8/h1-3H. The lowest BCUT2D eigenvalue weighted by atomic mass is 10.2. The van der Waals surface area contributed by atoms with Gasteiger partial charge in [-0.05, 0) is 29.8 Å². The van der Waals surface area contributed by atoms with Gasteiger partial charge in [-0.1, -0.05) is 11.6 Å². The maximum absolute atomic E-state index is 8.68. The lowest BCUT2D eigenvalue weighted by Gasteiger charge is -1.99. The Morgan fingerprint density at radius 1 is 1.21 bits per heavy atom. The van der Waals surface area contributed by atoms with E-state index in [0.29, 0.717) is 21.6 Å². The Morgan fingerprint density at radius 2 is 2.00 bits per heavy atom. The molecule has 1 aromatic carbocycles. The van der Waals surface area contributed by atoms with E-state index in [0.717, 1.165) is 0 Å². The normalized spacial score (nSPS) is 10.1. The van der Waals surface area contributed by atoms with Crippen LogP contribution in [0.2, 0.25) is 10.4 Å². The molecule has 0 unspecified atom stereocenters. The van der Waals surface area contributed by atoms with Gasteiger partial charge in [-0.15, -0.1) is 0 Å². The van der Waals surface area contributed by atoms with Crippen molar-refractivity contribution in [1.29, 1.82) is 5.26 Å². The van der Waals surface area contributed by atoms with Crippen molar-refractivity contribution in [3.05, 3.63) is 34.2 Å². The van der Waals surface area contributed by atoms with Crippen molar-refractivity contribution in [2.24, 2.45) is 0 Å². The number of hydrogen-bond acceptors (Lipinski definition) is 3. The van der Waals surface area contributed by atoms with Gasteiger partial charge in [-0.2, -0.15) is 5.26 Å². The van der Waals surface area contributed by atoms with E-state index < -0.39 is 0 Å². The minimum Gasteiger partial charge on any atom is -0.218 e. The van der Waals surface area contributed by atoms with Crippen LogP contribution in [0, 0.1) is 11.3 Å². The molecule has 0 aliphatic rings. The highest BCUT2D eigenvalue weighted by molar-refractivity contribution is 6.35. The summed E-state index contributed by atoms with van der Waals surface area (Å²) in [5.41, 5.74) is 1.09. The summed E-state index contributed by atoms with van der Waals surface area (Å²) in [6.07, 6.45) is 0. The molecule has 68 valence electrons. The minimum absolute atomic E-state index is 0.0811. The summed E-state index contributed by atoms with van der Waals surface area (Å²) in [5.74, 6) is 0. The van der Waals surface area contributed by atoms with Gasteiger partial charge in [0.2, 0.25) is 5.28 Å². The van der Waals surface area contributed by atoms with E-state index in [9.17, 15) is 0 Å². The monoisotopic (exact) mass is 223 g/mol. The fourth-order valence-electron chi connectivity index (χ4n) is 1.13. The van der Waals surface area contributed by atoms with Crippen LogP contribution in [-0.2, 0) is 0 Å². The van der Waals surface area contributed by atoms with E-state index in [1.165, 1.54) is 0 Å². The topological polar surface area (TPSA) is 49.6 Å². The molecule has 3 nitrogen and oxygen atoms in total. The fraction of sp³-hybridized carbons (Fsp3) is 0. The first-order valence-corrected chi connectivity index (χ1v) is 4.49. The van der Waals surface area contributed by atoms with Crippen molar-refractivity contribution < 1.29 is 0 Å². The largest absolute Gasteiger partial charge is 0.224 e. The molecule has 5 heteroatoms. The Morgan fingerprint density at radius 3 is 2.71 bits per heavy atom. The van der Waals surface area contributed by atoms with Crippen molar-refractivity contribution in [2.75, 3.05) is 0 Å². The second-order valence-corrected chi connectivity index (χ2v) is 3.32. The second kappa shape index (κ2) is 3.41. The van der Waals surface area contributed by atoms with Crippen LogP contribution in [0.3, 0.4) is 0 Å². The summed E-state index contributed by atoms with van der Waals surface area (Å²) in [5, 5.41) is 9.74. The van der Waals surface area contributed by atoms with Gasteiger partial charge in [-0.3, -0.25) is 0 Å². The van der Waals surface area contributed by atoms with Gasteiger partial charge in [0, 0.05) is 5.39 Å². The maximum Gasteiger partial charge on any atom is 0.224 e. The van der Waals surface area contributed by atoms with Crippen molar-refractivity contribution >= 4 is 34.1 Å². The molecule has 0 bridgehead atoms. The molecule has 0 amide bonds. The van der Waals surface area contributed by atoms with Crippen LogP contribution in [0.5, 0.6) is 0 Å². The lowest BCUT2D eigenvalue weighted by Crippen LogP contribution is -1.87. The Hall–Kier alpha value is -1.37. The molecule has 1 aromatic heterocycles. The molecular weight excluding hydrogens is 221 g/mol. The Kier molecular flexibility index (Phi) is 2.24. The molecule has 0 fully saturated rings. The van der Waals surface area contributed by atoms with Crippen LogP contribution in [0.4, 0.5) is 0 Å². The van der Waals surface area contributed by atoms with Gasteiger partial charge in [0.25, 0.3) is 0 Å². The molecule has 2 aromatic rings. The maximum atomic E-state index is 8.68. The second-order valence-electron chi connectivity index (χ2n) is 2.63. The van der Waals surface area contributed by atoms with Crippen molar-refractivity contribution in [1.82, 2.24) is 9.97 Å². The quantitative estimate of drug-likeness (QED) is 0.510. The minimum atomic E-state index is 0.0811. The highest BCUT2D eigenvalue weighted by Gasteiger charge is 2.04. The van der Waals surface area contributed by atoms with Gasteiger partial charge < -0.3 is 0 Å². The smallest absolute Gasteiger partial charge is 0.218 e. The molecule has 0 saturated heterocycles. The molecule has 0 radical (unpaired) electrons. The number of aromatic nitrogens is 2. The molecule has 0 spiro atoms. The Balaban J connectivity index is 2.83. The van der Waals surface area contributed by atoms with Crippen molar-refractivity contribution in [2.45, 2.75) is 0 Å². The molecule has 2 rings (SSSR count). The van der Waals surface area contributed by atoms with Crippen LogP contribution in [0.25, 0.3) is 10.9 Å². The zero-order valence-electron chi connectivity index (χ0n) is 6.83. The predicted molar refractivity (Wildman–Crippen MR) is 54.3 cm³/mol. The number of benzene rings is 1. The van der Waals surface area contributed by atoms with Gasteiger partial charge >= 0.3 is 0 Å². The molecule has 0 atom stereocenters. The van der Waals surface area contributed by atoms with Crippen molar-refractivity contribution in [3.8, 4) is 6.07 Å². The molecule has 0 aliphatic carbocycles. The SMILES string of the molecule is N#Cc1ccc2c(Cl)nc(Cl)nc2c1. The van der Waals surface area contributed by atoms with Crippen LogP contribution in [0.1, 0.15) is 5.56 Å². The first-order chi connectivity index (χ1) is 6.70.